The maximum absolute atomic E-state index is 13.5. The summed E-state index contributed by atoms with van der Waals surface area (Å²) < 4.78 is 13.5. The lowest BCUT2D eigenvalue weighted by atomic mass is 10.1. The van der Waals surface area contributed by atoms with Gasteiger partial charge in [-0.3, -0.25) is 14.8 Å². The molecule has 0 heterocycles. The van der Waals surface area contributed by atoms with Gasteiger partial charge in [-0.05, 0) is 69.4 Å². The normalized spacial score (nSPS) is 16.6. The molecular formula is C21H27FN4O. The number of carbonyl (C=O) groups is 1. The van der Waals surface area contributed by atoms with Gasteiger partial charge in [0.2, 0.25) is 0 Å². The Morgan fingerprint density at radius 3 is 2.52 bits per heavy atom. The van der Waals surface area contributed by atoms with Gasteiger partial charge in [0, 0.05) is 41.8 Å². The number of benzene rings is 1. The molecule has 1 aliphatic rings. The van der Waals surface area contributed by atoms with Gasteiger partial charge in [0.1, 0.15) is 5.82 Å². The second-order valence-electron chi connectivity index (χ2n) is 7.03. The van der Waals surface area contributed by atoms with Crippen molar-refractivity contribution < 1.29 is 9.18 Å². The molecule has 0 bridgehead atoms. The zero-order chi connectivity index (χ0) is 20.0. The highest BCUT2D eigenvalue weighted by Gasteiger charge is 2.20. The molecule has 0 saturated heterocycles. The van der Waals surface area contributed by atoms with Crippen molar-refractivity contribution in [3.05, 3.63) is 52.6 Å². The van der Waals surface area contributed by atoms with E-state index >= 15 is 0 Å². The summed E-state index contributed by atoms with van der Waals surface area (Å²) in [6, 6.07) is 3.97. The van der Waals surface area contributed by atoms with E-state index in [0.29, 0.717) is 35.1 Å². The van der Waals surface area contributed by atoms with E-state index in [1.54, 1.807) is 19.2 Å². The Labute approximate surface area is 159 Å². The number of aliphatic imine (C=N–C) groups is 2. The lowest BCUT2D eigenvalue weighted by Gasteiger charge is -2.09. The molecule has 0 aliphatic heterocycles. The van der Waals surface area contributed by atoms with E-state index in [1.807, 2.05) is 6.92 Å². The molecule has 27 heavy (non-hydrogen) atoms. The standard InChI is InChI=1S/C21H27FN4O/c1-13(23)8-19(9-17(14(2)24)12-25-11-16-4-5-16)26-21-7-6-18(22)10-20(21)15(3)27/h6-8,10,12,16H,4-5,9,11,23-24H2,1-3H3. The van der Waals surface area contributed by atoms with Crippen molar-refractivity contribution in [1.29, 1.82) is 0 Å². The van der Waals surface area contributed by atoms with Gasteiger partial charge in [0.15, 0.2) is 5.78 Å². The van der Waals surface area contributed by atoms with Crippen molar-refractivity contribution in [3.63, 3.8) is 0 Å². The number of Topliss-reactive ketones (excluding diaryl/α,β-unsaturated/α-hetero) is 1. The van der Waals surface area contributed by atoms with Crippen LogP contribution >= 0.6 is 0 Å². The second kappa shape index (κ2) is 9.26. The van der Waals surface area contributed by atoms with Crippen molar-refractivity contribution >= 4 is 23.4 Å². The molecule has 0 atom stereocenters. The number of ketones is 1. The maximum Gasteiger partial charge on any atom is 0.162 e. The van der Waals surface area contributed by atoms with Crippen LogP contribution in [-0.2, 0) is 0 Å². The van der Waals surface area contributed by atoms with E-state index in [1.165, 1.54) is 38.0 Å². The van der Waals surface area contributed by atoms with Crippen molar-refractivity contribution in [2.75, 3.05) is 6.54 Å². The molecule has 0 aromatic heterocycles. The number of nitrogens with two attached hydrogens (primary N) is 2. The van der Waals surface area contributed by atoms with Crippen LogP contribution in [0, 0.1) is 11.7 Å². The van der Waals surface area contributed by atoms with Crippen LogP contribution in [0.2, 0.25) is 0 Å². The summed E-state index contributed by atoms with van der Waals surface area (Å²) in [6.07, 6.45) is 6.40. The SMILES string of the molecule is CC(=O)c1cc(F)ccc1N=C(C=C(C)N)CC(C=NCC1CC1)=C(C)N. The average Bonchev–Trinajstić information content (AvgIpc) is 3.38. The molecule has 0 unspecified atom stereocenters. The zero-order valence-electron chi connectivity index (χ0n) is 16.1. The Kier molecular flexibility index (Phi) is 7.05. The summed E-state index contributed by atoms with van der Waals surface area (Å²) in [5.41, 5.74) is 15.2. The summed E-state index contributed by atoms with van der Waals surface area (Å²) >= 11 is 0. The molecule has 2 rings (SSSR count). The number of allylic oxidation sites excluding steroid dienone is 4. The number of rotatable bonds is 8. The molecule has 1 aromatic carbocycles. The topological polar surface area (TPSA) is 93.8 Å². The Hall–Kier alpha value is -2.76. The zero-order valence-corrected chi connectivity index (χ0v) is 16.1. The fraction of sp³-hybridized carbons (Fsp3) is 0.381. The Morgan fingerprint density at radius 2 is 1.96 bits per heavy atom. The number of hydrogen-bond acceptors (Lipinski definition) is 5. The lowest BCUT2D eigenvalue weighted by molar-refractivity contribution is 0.101. The Bertz CT molecular complexity index is 825. The minimum absolute atomic E-state index is 0.230. The number of hydrogen-bond donors (Lipinski definition) is 2. The average molecular weight is 370 g/mol. The lowest BCUT2D eigenvalue weighted by Crippen LogP contribution is -2.08. The third-order valence-corrected chi connectivity index (χ3v) is 4.18. The molecule has 0 radical (unpaired) electrons. The Morgan fingerprint density at radius 1 is 1.26 bits per heavy atom. The third kappa shape index (κ3) is 6.81. The molecule has 5 nitrogen and oxygen atoms in total. The van der Waals surface area contributed by atoms with Crippen LogP contribution in [0.25, 0.3) is 0 Å². The third-order valence-electron chi connectivity index (χ3n) is 4.18. The summed E-state index contributed by atoms with van der Waals surface area (Å²) in [5.74, 6) is -0.0353. The summed E-state index contributed by atoms with van der Waals surface area (Å²) in [7, 11) is 0. The molecule has 0 amide bonds. The van der Waals surface area contributed by atoms with E-state index in [9.17, 15) is 9.18 Å². The van der Waals surface area contributed by atoms with E-state index in [0.717, 1.165) is 12.1 Å². The van der Waals surface area contributed by atoms with Gasteiger partial charge in [-0.2, -0.15) is 0 Å². The first-order valence-corrected chi connectivity index (χ1v) is 9.03. The number of carbonyl (C=O) groups excluding carboxylic acids is 1. The molecule has 1 saturated carbocycles. The monoisotopic (exact) mass is 370 g/mol. The molecule has 1 fully saturated rings. The van der Waals surface area contributed by atoms with E-state index in [4.69, 9.17) is 11.5 Å². The van der Waals surface area contributed by atoms with Crippen LogP contribution in [0.5, 0.6) is 0 Å². The predicted octanol–water partition coefficient (Wildman–Crippen LogP) is 4.07. The highest BCUT2D eigenvalue weighted by molar-refractivity contribution is 6.05. The van der Waals surface area contributed by atoms with E-state index in [-0.39, 0.29) is 11.3 Å². The van der Waals surface area contributed by atoms with Crippen molar-refractivity contribution in [2.45, 2.75) is 40.0 Å². The van der Waals surface area contributed by atoms with Gasteiger partial charge in [-0.15, -0.1) is 0 Å². The first kappa shape index (κ1) is 20.6. The first-order valence-electron chi connectivity index (χ1n) is 9.03. The molecular weight excluding hydrogens is 343 g/mol. The van der Waals surface area contributed by atoms with Gasteiger partial charge in [0.05, 0.1) is 5.69 Å². The largest absolute Gasteiger partial charge is 0.402 e. The van der Waals surface area contributed by atoms with Gasteiger partial charge < -0.3 is 11.5 Å². The van der Waals surface area contributed by atoms with Crippen LogP contribution < -0.4 is 11.5 Å². The van der Waals surface area contributed by atoms with Gasteiger partial charge in [0.25, 0.3) is 0 Å². The molecule has 6 heteroatoms. The van der Waals surface area contributed by atoms with Crippen LogP contribution in [0.1, 0.15) is 50.4 Å². The highest BCUT2D eigenvalue weighted by atomic mass is 19.1. The van der Waals surface area contributed by atoms with Crippen LogP contribution in [0.4, 0.5) is 10.1 Å². The van der Waals surface area contributed by atoms with Crippen molar-refractivity contribution in [1.82, 2.24) is 0 Å². The summed E-state index contributed by atoms with van der Waals surface area (Å²) in [6.45, 7) is 5.76. The molecule has 1 aromatic rings. The van der Waals surface area contributed by atoms with Crippen LogP contribution in [-0.4, -0.2) is 24.3 Å². The molecule has 144 valence electrons. The van der Waals surface area contributed by atoms with Crippen molar-refractivity contribution in [3.8, 4) is 0 Å². The van der Waals surface area contributed by atoms with Crippen LogP contribution in [0.15, 0.2) is 51.2 Å². The minimum Gasteiger partial charge on any atom is -0.402 e. The maximum atomic E-state index is 13.5. The van der Waals surface area contributed by atoms with Gasteiger partial charge in [-0.25, -0.2) is 4.39 Å². The molecule has 4 N–H and O–H groups in total. The smallest absolute Gasteiger partial charge is 0.162 e. The summed E-state index contributed by atoms with van der Waals surface area (Å²) in [5, 5.41) is 0. The quantitative estimate of drug-likeness (QED) is 0.533. The molecule has 1 aliphatic carbocycles. The first-order chi connectivity index (χ1) is 12.8. The second-order valence-corrected chi connectivity index (χ2v) is 7.03. The molecule has 0 spiro atoms. The van der Waals surface area contributed by atoms with Crippen LogP contribution in [0.3, 0.4) is 0 Å². The van der Waals surface area contributed by atoms with Gasteiger partial charge >= 0.3 is 0 Å². The van der Waals surface area contributed by atoms with E-state index < -0.39 is 5.82 Å². The number of nitrogens with zero attached hydrogens (tertiary/aromatic N) is 2. The predicted molar refractivity (Wildman–Crippen MR) is 109 cm³/mol. The highest BCUT2D eigenvalue weighted by Crippen LogP contribution is 2.29. The van der Waals surface area contributed by atoms with Crippen molar-refractivity contribution in [2.24, 2.45) is 27.4 Å². The minimum atomic E-state index is -0.475. The number of halogens is 1. The Balaban J connectivity index is 2.35. The van der Waals surface area contributed by atoms with E-state index in [2.05, 4.69) is 9.98 Å². The fourth-order valence-electron chi connectivity index (χ4n) is 2.52. The summed E-state index contributed by atoms with van der Waals surface area (Å²) in [4.78, 5) is 20.9. The van der Waals surface area contributed by atoms with Gasteiger partial charge in [-0.1, -0.05) is 0 Å². The fourth-order valence-corrected chi connectivity index (χ4v) is 2.52.